The number of ether oxygens (including phenoxy) is 1. The van der Waals surface area contributed by atoms with E-state index in [2.05, 4.69) is 0 Å². The van der Waals surface area contributed by atoms with Crippen molar-refractivity contribution in [3.8, 4) is 5.75 Å². The van der Waals surface area contributed by atoms with E-state index in [1.54, 1.807) is 6.07 Å². The topological polar surface area (TPSA) is 42.7 Å². The van der Waals surface area contributed by atoms with Gasteiger partial charge in [-0.15, -0.1) is 0 Å². The smallest absolute Gasteiger partial charge is 0.194 e. The van der Waals surface area contributed by atoms with E-state index >= 15 is 0 Å². The normalized spacial score (nSPS) is 11.1. The summed E-state index contributed by atoms with van der Waals surface area (Å²) >= 11 is 0. The Morgan fingerprint density at radius 2 is 2.12 bits per heavy atom. The number of fused-ring (bicyclic) bond motifs is 1. The molecule has 0 unspecified atom stereocenters. The van der Waals surface area contributed by atoms with Crippen LogP contribution in [0.2, 0.25) is 0 Å². The van der Waals surface area contributed by atoms with Gasteiger partial charge >= 0.3 is 0 Å². The summed E-state index contributed by atoms with van der Waals surface area (Å²) in [5, 5.41) is 0.881. The molecule has 0 bridgehead atoms. The first-order valence-corrected chi connectivity index (χ1v) is 5.38. The highest BCUT2D eigenvalue weighted by Crippen LogP contribution is 2.24. The minimum Gasteiger partial charge on any atom is -0.478 e. The highest BCUT2D eigenvalue weighted by atomic mass is 16.5. The second-order valence-corrected chi connectivity index (χ2v) is 4.22. The average molecular weight is 233 g/mol. The van der Waals surface area contributed by atoms with Crippen LogP contribution in [-0.4, -0.2) is 31.5 Å². The molecule has 90 valence electrons. The molecule has 0 aliphatic heterocycles. The molecule has 2 rings (SSSR count). The maximum absolute atomic E-state index is 11.2. The highest BCUT2D eigenvalue weighted by Gasteiger charge is 2.08. The largest absolute Gasteiger partial charge is 0.478 e. The van der Waals surface area contributed by atoms with Crippen LogP contribution in [-0.2, 0) is 0 Å². The first kappa shape index (κ1) is 11.7. The van der Waals surface area contributed by atoms with E-state index in [0.717, 1.165) is 11.1 Å². The third kappa shape index (κ3) is 2.65. The van der Waals surface area contributed by atoms with Crippen LogP contribution in [0.5, 0.6) is 5.75 Å². The number of Topliss-reactive ketones (excluding diaryl/α,β-unsaturated/α-hetero) is 1. The zero-order valence-corrected chi connectivity index (χ0v) is 10.2. The molecule has 0 N–H and O–H groups in total. The van der Waals surface area contributed by atoms with Crippen molar-refractivity contribution in [2.75, 3.05) is 20.8 Å². The number of ketones is 1. The van der Waals surface area contributed by atoms with Crippen LogP contribution in [0, 0.1) is 0 Å². The van der Waals surface area contributed by atoms with Crippen molar-refractivity contribution in [3.63, 3.8) is 0 Å². The predicted octanol–water partition coefficient (Wildman–Crippen LogP) is 2.53. The quantitative estimate of drug-likeness (QED) is 0.601. The number of furan rings is 1. The zero-order chi connectivity index (χ0) is 12.4. The molecule has 1 aromatic heterocycles. The third-order valence-corrected chi connectivity index (χ3v) is 2.32. The van der Waals surface area contributed by atoms with Crippen LogP contribution in [0.4, 0.5) is 0 Å². The molecule has 0 amide bonds. The van der Waals surface area contributed by atoms with Gasteiger partial charge in [0.2, 0.25) is 0 Å². The molecule has 1 aromatic carbocycles. The van der Waals surface area contributed by atoms with E-state index in [-0.39, 0.29) is 5.78 Å². The van der Waals surface area contributed by atoms with E-state index < -0.39 is 0 Å². The molecule has 0 atom stereocenters. The Morgan fingerprint density at radius 1 is 1.35 bits per heavy atom. The SMILES string of the molecule is CC(=O)c1cc2cc(OCN(C)C)ccc2o1. The van der Waals surface area contributed by atoms with Crippen molar-refractivity contribution in [1.29, 1.82) is 0 Å². The monoisotopic (exact) mass is 233 g/mol. The molecule has 0 aliphatic rings. The van der Waals surface area contributed by atoms with Gasteiger partial charge in [-0.25, -0.2) is 0 Å². The first-order valence-electron chi connectivity index (χ1n) is 5.38. The highest BCUT2D eigenvalue weighted by molar-refractivity contribution is 5.96. The lowest BCUT2D eigenvalue weighted by Crippen LogP contribution is -2.18. The number of benzene rings is 1. The minimum atomic E-state index is -0.0723. The summed E-state index contributed by atoms with van der Waals surface area (Å²) in [5.41, 5.74) is 0.701. The summed E-state index contributed by atoms with van der Waals surface area (Å²) in [6.45, 7) is 2.00. The zero-order valence-electron chi connectivity index (χ0n) is 10.2. The van der Waals surface area contributed by atoms with Gasteiger partial charge in [0.25, 0.3) is 0 Å². The van der Waals surface area contributed by atoms with Crippen molar-refractivity contribution in [1.82, 2.24) is 4.90 Å². The molecule has 17 heavy (non-hydrogen) atoms. The number of carbonyl (C=O) groups excluding carboxylic acids is 1. The summed E-state index contributed by atoms with van der Waals surface area (Å²) in [5.74, 6) is 1.07. The number of hydrogen-bond donors (Lipinski definition) is 0. The molecular weight excluding hydrogens is 218 g/mol. The fourth-order valence-corrected chi connectivity index (χ4v) is 1.49. The van der Waals surface area contributed by atoms with Crippen LogP contribution >= 0.6 is 0 Å². The molecule has 0 aliphatic carbocycles. The van der Waals surface area contributed by atoms with Crippen LogP contribution in [0.1, 0.15) is 17.5 Å². The average Bonchev–Trinajstić information content (AvgIpc) is 2.69. The van der Waals surface area contributed by atoms with Crippen molar-refractivity contribution in [2.45, 2.75) is 6.92 Å². The Kier molecular flexibility index (Phi) is 3.15. The summed E-state index contributed by atoms with van der Waals surface area (Å²) in [6, 6.07) is 7.25. The molecule has 0 spiro atoms. The van der Waals surface area contributed by atoms with Gasteiger partial charge in [0.05, 0.1) is 0 Å². The van der Waals surface area contributed by atoms with Gasteiger partial charge in [-0.3, -0.25) is 9.69 Å². The molecule has 4 heteroatoms. The molecular formula is C13H15NO3. The van der Waals surface area contributed by atoms with Gasteiger partial charge in [0.15, 0.2) is 11.5 Å². The maximum Gasteiger partial charge on any atom is 0.194 e. The minimum absolute atomic E-state index is 0.0723. The summed E-state index contributed by atoms with van der Waals surface area (Å²) in [4.78, 5) is 13.1. The van der Waals surface area contributed by atoms with Gasteiger partial charge in [-0.1, -0.05) is 0 Å². The fraction of sp³-hybridized carbons (Fsp3) is 0.308. The van der Waals surface area contributed by atoms with E-state index in [0.29, 0.717) is 18.1 Å². The molecule has 0 saturated heterocycles. The molecule has 4 nitrogen and oxygen atoms in total. The van der Waals surface area contributed by atoms with E-state index in [1.807, 2.05) is 37.2 Å². The van der Waals surface area contributed by atoms with Gasteiger partial charge in [-0.05, 0) is 38.4 Å². The maximum atomic E-state index is 11.2. The Morgan fingerprint density at radius 3 is 2.76 bits per heavy atom. The summed E-state index contributed by atoms with van der Waals surface area (Å²) in [7, 11) is 3.87. The predicted molar refractivity (Wildman–Crippen MR) is 65.4 cm³/mol. The van der Waals surface area contributed by atoms with Crippen LogP contribution < -0.4 is 4.74 Å². The van der Waals surface area contributed by atoms with E-state index in [4.69, 9.17) is 9.15 Å². The van der Waals surface area contributed by atoms with Crippen molar-refractivity contribution >= 4 is 16.8 Å². The standard InChI is InChI=1S/C13H15NO3/c1-9(15)13-7-10-6-11(16-8-14(2)3)4-5-12(10)17-13/h4-7H,8H2,1-3H3. The number of rotatable bonds is 4. The van der Waals surface area contributed by atoms with Gasteiger partial charge in [-0.2, -0.15) is 0 Å². The summed E-state index contributed by atoms with van der Waals surface area (Å²) < 4.78 is 10.9. The van der Waals surface area contributed by atoms with Crippen LogP contribution in [0.3, 0.4) is 0 Å². The summed E-state index contributed by atoms with van der Waals surface area (Å²) in [6.07, 6.45) is 0. The number of carbonyl (C=O) groups is 1. The van der Waals surface area contributed by atoms with E-state index in [1.165, 1.54) is 6.92 Å². The second-order valence-electron chi connectivity index (χ2n) is 4.22. The van der Waals surface area contributed by atoms with E-state index in [9.17, 15) is 4.79 Å². The van der Waals surface area contributed by atoms with Crippen molar-refractivity contribution < 1.29 is 13.9 Å². The molecule has 0 fully saturated rings. The van der Waals surface area contributed by atoms with Crippen molar-refractivity contribution in [3.05, 3.63) is 30.0 Å². The molecule has 1 heterocycles. The Hall–Kier alpha value is -1.81. The van der Waals surface area contributed by atoms with Crippen LogP contribution in [0.25, 0.3) is 11.0 Å². The molecule has 0 saturated carbocycles. The van der Waals surface area contributed by atoms with Gasteiger partial charge in [0.1, 0.15) is 18.1 Å². The van der Waals surface area contributed by atoms with Crippen molar-refractivity contribution in [2.24, 2.45) is 0 Å². The Bertz CT molecular complexity index is 543. The number of nitrogens with zero attached hydrogens (tertiary/aromatic N) is 1. The number of hydrogen-bond acceptors (Lipinski definition) is 4. The fourth-order valence-electron chi connectivity index (χ4n) is 1.49. The van der Waals surface area contributed by atoms with Crippen LogP contribution in [0.15, 0.2) is 28.7 Å². The van der Waals surface area contributed by atoms with Gasteiger partial charge in [0, 0.05) is 12.3 Å². The third-order valence-electron chi connectivity index (χ3n) is 2.32. The Labute approximate surface area is 99.8 Å². The lowest BCUT2D eigenvalue weighted by Gasteiger charge is -2.11. The lowest BCUT2D eigenvalue weighted by atomic mass is 10.2. The molecule has 2 aromatic rings. The first-order chi connectivity index (χ1) is 8.06. The Balaban J connectivity index is 2.27. The molecule has 0 radical (unpaired) electrons. The second kappa shape index (κ2) is 4.59. The lowest BCUT2D eigenvalue weighted by molar-refractivity contribution is 0.0989. The van der Waals surface area contributed by atoms with Gasteiger partial charge < -0.3 is 9.15 Å².